The summed E-state index contributed by atoms with van der Waals surface area (Å²) in [6.07, 6.45) is 1.82. The van der Waals surface area contributed by atoms with Gasteiger partial charge in [0, 0.05) is 17.4 Å². The maximum atomic E-state index is 11.5. The minimum Gasteiger partial charge on any atom is -0.508 e. The van der Waals surface area contributed by atoms with E-state index in [0.29, 0.717) is 23.3 Å². The van der Waals surface area contributed by atoms with Gasteiger partial charge in [-0.1, -0.05) is 0 Å². The molecule has 3 atom stereocenters. The first-order valence-corrected chi connectivity index (χ1v) is 8.52. The molecule has 0 radical (unpaired) electrons. The fourth-order valence-electron chi connectivity index (χ4n) is 4.21. The van der Waals surface area contributed by atoms with Crippen molar-refractivity contribution in [1.29, 1.82) is 0 Å². The van der Waals surface area contributed by atoms with Gasteiger partial charge in [0.05, 0.1) is 11.5 Å². The zero-order valence-electron chi connectivity index (χ0n) is 14.7. The Morgan fingerprint density at radius 1 is 1.29 bits per heavy atom. The van der Waals surface area contributed by atoms with Gasteiger partial charge in [0.15, 0.2) is 0 Å². The van der Waals surface area contributed by atoms with Crippen molar-refractivity contribution in [1.82, 2.24) is 0 Å². The zero-order valence-corrected chi connectivity index (χ0v) is 14.7. The lowest BCUT2D eigenvalue weighted by molar-refractivity contribution is -0.142. The summed E-state index contributed by atoms with van der Waals surface area (Å²) in [7, 11) is 0. The maximum Gasteiger partial charge on any atom is 0.313 e. The number of phenols is 1. The number of carboxylic acids is 1. The Kier molecular flexibility index (Phi) is 3.83. The molecule has 0 saturated heterocycles. The van der Waals surface area contributed by atoms with Crippen LogP contribution in [0.3, 0.4) is 0 Å². The summed E-state index contributed by atoms with van der Waals surface area (Å²) in [5.41, 5.74) is -0.320. The molecule has 0 aromatic heterocycles. The summed E-state index contributed by atoms with van der Waals surface area (Å²) in [6.45, 7) is 7.27. The van der Waals surface area contributed by atoms with Gasteiger partial charge >= 0.3 is 5.97 Å². The van der Waals surface area contributed by atoms with E-state index in [4.69, 9.17) is 4.74 Å². The number of carboxylic acid groups (broad SMARTS) is 1. The Hall–Kier alpha value is -1.75. The summed E-state index contributed by atoms with van der Waals surface area (Å²) < 4.78 is 6.19. The molecule has 1 fully saturated rings. The van der Waals surface area contributed by atoms with E-state index in [9.17, 15) is 20.1 Å². The number of aliphatic carboxylic acids is 1. The molecule has 0 spiro atoms. The minimum absolute atomic E-state index is 0.0227. The predicted molar refractivity (Wildman–Crippen MR) is 89.6 cm³/mol. The van der Waals surface area contributed by atoms with Crippen LogP contribution >= 0.6 is 0 Å². The van der Waals surface area contributed by atoms with Gasteiger partial charge in [0.2, 0.25) is 0 Å². The van der Waals surface area contributed by atoms with Crippen molar-refractivity contribution in [3.8, 4) is 11.5 Å². The van der Waals surface area contributed by atoms with Crippen LogP contribution in [0.1, 0.15) is 64.0 Å². The molecule has 1 heterocycles. The largest absolute Gasteiger partial charge is 0.508 e. The molecule has 3 rings (SSSR count). The van der Waals surface area contributed by atoms with Crippen LogP contribution in [-0.4, -0.2) is 33.0 Å². The molecule has 5 heteroatoms. The van der Waals surface area contributed by atoms with Crippen LogP contribution in [0.4, 0.5) is 0 Å². The quantitative estimate of drug-likeness (QED) is 0.773. The van der Waals surface area contributed by atoms with Gasteiger partial charge in [0.1, 0.15) is 17.1 Å². The van der Waals surface area contributed by atoms with Crippen LogP contribution in [0.2, 0.25) is 0 Å². The van der Waals surface area contributed by atoms with Crippen molar-refractivity contribution in [2.75, 3.05) is 0 Å². The van der Waals surface area contributed by atoms with E-state index in [1.165, 1.54) is 6.07 Å². The molecule has 2 aliphatic rings. The highest BCUT2D eigenvalue weighted by molar-refractivity contribution is 5.81. The van der Waals surface area contributed by atoms with E-state index < -0.39 is 17.0 Å². The Morgan fingerprint density at radius 2 is 1.96 bits per heavy atom. The number of rotatable bonds is 2. The first-order chi connectivity index (χ1) is 11.0. The number of phenolic OH excluding ortho intramolecular Hbond substituents is 1. The molecular weight excluding hydrogens is 308 g/mol. The number of aliphatic hydroxyl groups is 1. The van der Waals surface area contributed by atoms with Crippen molar-refractivity contribution in [2.24, 2.45) is 5.92 Å². The van der Waals surface area contributed by atoms with Gasteiger partial charge in [-0.2, -0.15) is 0 Å². The summed E-state index contributed by atoms with van der Waals surface area (Å²) in [6, 6.07) is 3.27. The Balaban J connectivity index is 2.13. The molecule has 24 heavy (non-hydrogen) atoms. The van der Waals surface area contributed by atoms with E-state index in [2.05, 4.69) is 0 Å². The van der Waals surface area contributed by atoms with Crippen LogP contribution in [0.15, 0.2) is 12.1 Å². The van der Waals surface area contributed by atoms with Crippen molar-refractivity contribution in [3.05, 3.63) is 23.3 Å². The summed E-state index contributed by atoms with van der Waals surface area (Å²) in [5.74, 6) is -0.105. The number of fused-ring (bicyclic) bond motifs is 3. The molecule has 1 saturated carbocycles. The Labute approximate surface area is 142 Å². The Morgan fingerprint density at radius 3 is 2.58 bits per heavy atom. The Bertz CT molecular complexity index is 677. The molecule has 1 aliphatic heterocycles. The third kappa shape index (κ3) is 2.55. The van der Waals surface area contributed by atoms with Crippen LogP contribution in [0.5, 0.6) is 11.5 Å². The predicted octanol–water partition coefficient (Wildman–Crippen LogP) is 3.17. The van der Waals surface area contributed by atoms with Crippen LogP contribution in [-0.2, 0) is 10.2 Å². The maximum absolute atomic E-state index is 11.5. The van der Waals surface area contributed by atoms with Crippen LogP contribution < -0.4 is 4.74 Å². The average molecular weight is 334 g/mol. The molecule has 1 aromatic rings. The second-order valence-electron chi connectivity index (χ2n) is 8.22. The number of aromatic hydroxyl groups is 1. The number of ether oxygens (including phenoxy) is 1. The number of aliphatic hydroxyl groups excluding tert-OH is 1. The van der Waals surface area contributed by atoms with Crippen molar-refractivity contribution >= 4 is 5.97 Å². The molecule has 1 aliphatic carbocycles. The van der Waals surface area contributed by atoms with Crippen molar-refractivity contribution in [2.45, 2.75) is 70.0 Å². The van der Waals surface area contributed by atoms with Crippen molar-refractivity contribution in [3.63, 3.8) is 0 Å². The first-order valence-electron chi connectivity index (χ1n) is 8.52. The first kappa shape index (κ1) is 17.1. The number of hydrogen-bond acceptors (Lipinski definition) is 4. The SMILES string of the molecule is CC(C)(C(=O)O)c1cc(O)c2c(c1)OC(C)(C)C1CCC(O)CC21. The van der Waals surface area contributed by atoms with Gasteiger partial charge < -0.3 is 20.1 Å². The summed E-state index contributed by atoms with van der Waals surface area (Å²) in [4.78, 5) is 11.5. The second-order valence-corrected chi connectivity index (χ2v) is 8.22. The summed E-state index contributed by atoms with van der Waals surface area (Å²) >= 11 is 0. The zero-order chi connectivity index (χ0) is 17.9. The fourth-order valence-corrected chi connectivity index (χ4v) is 4.21. The van der Waals surface area contributed by atoms with Gasteiger partial charge in [-0.15, -0.1) is 0 Å². The third-order valence-corrected chi connectivity index (χ3v) is 5.84. The van der Waals surface area contributed by atoms with E-state index in [1.807, 2.05) is 13.8 Å². The molecule has 0 bridgehead atoms. The summed E-state index contributed by atoms with van der Waals surface area (Å²) in [5, 5.41) is 30.2. The van der Waals surface area contributed by atoms with Gasteiger partial charge in [-0.3, -0.25) is 4.79 Å². The second kappa shape index (κ2) is 5.38. The normalized spacial score (nSPS) is 28.5. The number of hydrogen-bond donors (Lipinski definition) is 3. The lowest BCUT2D eigenvalue weighted by atomic mass is 9.65. The third-order valence-electron chi connectivity index (χ3n) is 5.84. The highest BCUT2D eigenvalue weighted by Gasteiger charge is 2.48. The van der Waals surface area contributed by atoms with Gasteiger partial charge in [-0.05, 0) is 64.7 Å². The molecule has 1 aromatic carbocycles. The standard InChI is InChI=1S/C19H26O5/c1-18(2,17(22)23)10-7-14(21)16-12-9-11(20)5-6-13(12)19(3,4)24-15(16)8-10/h7-8,11-13,20-21H,5-6,9H2,1-4H3,(H,22,23). The van der Waals surface area contributed by atoms with Crippen LogP contribution in [0, 0.1) is 5.92 Å². The van der Waals surface area contributed by atoms with Gasteiger partial charge in [-0.25, -0.2) is 0 Å². The molecule has 0 amide bonds. The lowest BCUT2D eigenvalue weighted by Crippen LogP contribution is -2.47. The monoisotopic (exact) mass is 334 g/mol. The molecule has 3 N–H and O–H groups in total. The van der Waals surface area contributed by atoms with E-state index in [1.54, 1.807) is 19.9 Å². The smallest absolute Gasteiger partial charge is 0.313 e. The lowest BCUT2D eigenvalue weighted by Gasteiger charge is -2.48. The van der Waals surface area contributed by atoms with Gasteiger partial charge in [0.25, 0.3) is 0 Å². The molecule has 3 unspecified atom stereocenters. The molecule has 5 nitrogen and oxygen atoms in total. The number of carbonyl (C=O) groups is 1. The minimum atomic E-state index is -1.12. The number of benzene rings is 1. The van der Waals surface area contributed by atoms with E-state index >= 15 is 0 Å². The topological polar surface area (TPSA) is 87.0 Å². The van der Waals surface area contributed by atoms with Crippen molar-refractivity contribution < 1.29 is 24.9 Å². The molecular formula is C19H26O5. The van der Waals surface area contributed by atoms with E-state index in [-0.39, 0.29) is 23.7 Å². The highest BCUT2D eigenvalue weighted by Crippen LogP contribution is 2.54. The van der Waals surface area contributed by atoms with E-state index in [0.717, 1.165) is 12.8 Å². The highest BCUT2D eigenvalue weighted by atomic mass is 16.5. The fraction of sp³-hybridized carbons (Fsp3) is 0.632. The molecule has 132 valence electrons. The average Bonchev–Trinajstić information content (AvgIpc) is 2.45. The van der Waals surface area contributed by atoms with Crippen LogP contribution in [0.25, 0.3) is 0 Å².